The Morgan fingerprint density at radius 3 is 2.39 bits per heavy atom. The van der Waals surface area contributed by atoms with Crippen molar-refractivity contribution in [1.29, 1.82) is 0 Å². The standard InChI is InChI=1S/C21H24ClNO5/c1-5-14-7-9-16(10-8-14)23-20(24)13(3)28-21(25)15-11-17(22)19(27-6-2)18(12-15)26-4/h7-13H,5-6H2,1-4H3,(H,23,24)/t13-/m0/s1. The summed E-state index contributed by atoms with van der Waals surface area (Å²) in [6.45, 7) is 5.77. The number of aryl methyl sites for hydroxylation is 1. The van der Waals surface area contributed by atoms with Gasteiger partial charge in [-0.25, -0.2) is 4.79 Å². The first-order chi connectivity index (χ1) is 13.4. The summed E-state index contributed by atoms with van der Waals surface area (Å²) in [5, 5.41) is 2.95. The number of amides is 1. The lowest BCUT2D eigenvalue weighted by Crippen LogP contribution is -2.30. The molecule has 0 bridgehead atoms. The second-order valence-electron chi connectivity index (χ2n) is 6.01. The number of benzene rings is 2. The molecule has 0 saturated heterocycles. The summed E-state index contributed by atoms with van der Waals surface area (Å²) < 4.78 is 15.9. The molecule has 0 aliphatic carbocycles. The average molecular weight is 406 g/mol. The third-order valence-electron chi connectivity index (χ3n) is 4.04. The molecule has 1 atom stereocenters. The highest BCUT2D eigenvalue weighted by Crippen LogP contribution is 2.36. The van der Waals surface area contributed by atoms with Gasteiger partial charge in [0.1, 0.15) is 0 Å². The van der Waals surface area contributed by atoms with E-state index in [-0.39, 0.29) is 10.6 Å². The second-order valence-corrected chi connectivity index (χ2v) is 6.42. The fourth-order valence-electron chi connectivity index (χ4n) is 2.47. The van der Waals surface area contributed by atoms with E-state index in [1.54, 1.807) is 0 Å². The van der Waals surface area contributed by atoms with Crippen LogP contribution in [0.2, 0.25) is 5.02 Å². The number of carbonyl (C=O) groups is 2. The molecule has 1 N–H and O–H groups in total. The molecule has 0 unspecified atom stereocenters. The van der Waals surface area contributed by atoms with Gasteiger partial charge in [-0.1, -0.05) is 30.7 Å². The summed E-state index contributed by atoms with van der Waals surface area (Å²) in [7, 11) is 1.45. The number of methoxy groups -OCH3 is 1. The van der Waals surface area contributed by atoms with Crippen LogP contribution < -0.4 is 14.8 Å². The Kier molecular flexibility index (Phi) is 7.70. The van der Waals surface area contributed by atoms with Crippen molar-refractivity contribution in [1.82, 2.24) is 0 Å². The van der Waals surface area contributed by atoms with Gasteiger partial charge in [-0.15, -0.1) is 0 Å². The van der Waals surface area contributed by atoms with Crippen molar-refractivity contribution < 1.29 is 23.8 Å². The summed E-state index contributed by atoms with van der Waals surface area (Å²) in [5.41, 5.74) is 1.96. The Morgan fingerprint density at radius 1 is 1.14 bits per heavy atom. The van der Waals surface area contributed by atoms with Crippen LogP contribution in [0.5, 0.6) is 11.5 Å². The molecular weight excluding hydrogens is 382 g/mol. The maximum absolute atomic E-state index is 12.4. The number of hydrogen-bond acceptors (Lipinski definition) is 5. The van der Waals surface area contributed by atoms with Gasteiger partial charge in [-0.3, -0.25) is 4.79 Å². The molecule has 0 saturated carbocycles. The minimum atomic E-state index is -0.991. The van der Waals surface area contributed by atoms with Crippen molar-refractivity contribution in [3.63, 3.8) is 0 Å². The van der Waals surface area contributed by atoms with Crippen LogP contribution in [0.3, 0.4) is 0 Å². The smallest absolute Gasteiger partial charge is 0.339 e. The Hall–Kier alpha value is -2.73. The average Bonchev–Trinajstić information content (AvgIpc) is 2.69. The Morgan fingerprint density at radius 2 is 1.82 bits per heavy atom. The van der Waals surface area contributed by atoms with Crippen molar-refractivity contribution in [2.24, 2.45) is 0 Å². The van der Waals surface area contributed by atoms with E-state index in [1.165, 1.54) is 31.7 Å². The zero-order chi connectivity index (χ0) is 20.7. The highest BCUT2D eigenvalue weighted by Gasteiger charge is 2.22. The Labute approximate surface area is 169 Å². The maximum atomic E-state index is 12.4. The summed E-state index contributed by atoms with van der Waals surface area (Å²) >= 11 is 6.18. The summed E-state index contributed by atoms with van der Waals surface area (Å²) in [5.74, 6) is -0.451. The number of carbonyl (C=O) groups excluding carboxylic acids is 2. The first-order valence-electron chi connectivity index (χ1n) is 9.00. The maximum Gasteiger partial charge on any atom is 0.339 e. The molecule has 6 nitrogen and oxygen atoms in total. The highest BCUT2D eigenvalue weighted by atomic mass is 35.5. The third kappa shape index (κ3) is 5.39. The monoisotopic (exact) mass is 405 g/mol. The topological polar surface area (TPSA) is 73.9 Å². The molecule has 0 spiro atoms. The fraction of sp³-hybridized carbons (Fsp3) is 0.333. The number of esters is 1. The first-order valence-corrected chi connectivity index (χ1v) is 9.38. The lowest BCUT2D eigenvalue weighted by atomic mass is 10.1. The molecule has 2 rings (SSSR count). The zero-order valence-electron chi connectivity index (χ0n) is 16.4. The highest BCUT2D eigenvalue weighted by molar-refractivity contribution is 6.32. The van der Waals surface area contributed by atoms with Crippen molar-refractivity contribution in [2.75, 3.05) is 19.0 Å². The molecule has 0 aliphatic rings. The van der Waals surface area contributed by atoms with Gasteiger partial charge in [0.05, 0.1) is 24.3 Å². The van der Waals surface area contributed by atoms with E-state index < -0.39 is 18.0 Å². The molecule has 0 aliphatic heterocycles. The molecular formula is C21H24ClNO5. The Balaban J connectivity index is 2.06. The SMILES string of the molecule is CCOc1c(Cl)cc(C(=O)O[C@@H](C)C(=O)Nc2ccc(CC)cc2)cc1OC. The van der Waals surface area contributed by atoms with Gasteiger partial charge in [-0.05, 0) is 50.1 Å². The van der Waals surface area contributed by atoms with E-state index in [0.717, 1.165) is 6.42 Å². The molecule has 28 heavy (non-hydrogen) atoms. The quantitative estimate of drug-likeness (QED) is 0.655. The van der Waals surface area contributed by atoms with E-state index in [9.17, 15) is 9.59 Å². The molecule has 0 heterocycles. The lowest BCUT2D eigenvalue weighted by Gasteiger charge is -2.16. The van der Waals surface area contributed by atoms with Gasteiger partial charge in [0, 0.05) is 5.69 Å². The molecule has 2 aromatic rings. The second kappa shape index (κ2) is 9.99. The third-order valence-corrected chi connectivity index (χ3v) is 4.32. The van der Waals surface area contributed by atoms with Gasteiger partial charge < -0.3 is 19.5 Å². The molecule has 1 amide bonds. The molecule has 150 valence electrons. The molecule has 7 heteroatoms. The molecule has 2 aromatic carbocycles. The van der Waals surface area contributed by atoms with E-state index in [0.29, 0.717) is 23.8 Å². The number of anilines is 1. The van der Waals surface area contributed by atoms with Crippen molar-refractivity contribution in [2.45, 2.75) is 33.3 Å². The number of halogens is 1. The van der Waals surface area contributed by atoms with E-state index in [1.807, 2.05) is 31.2 Å². The minimum Gasteiger partial charge on any atom is -0.493 e. The fourth-order valence-corrected chi connectivity index (χ4v) is 2.74. The predicted octanol–water partition coefficient (Wildman–Crippen LogP) is 4.49. The van der Waals surface area contributed by atoms with Gasteiger partial charge >= 0.3 is 5.97 Å². The van der Waals surface area contributed by atoms with Crippen LogP contribution in [-0.4, -0.2) is 31.7 Å². The van der Waals surface area contributed by atoms with Crippen LogP contribution in [0, 0.1) is 0 Å². The zero-order valence-corrected chi connectivity index (χ0v) is 17.1. The largest absolute Gasteiger partial charge is 0.493 e. The van der Waals surface area contributed by atoms with Crippen LogP contribution in [0.1, 0.15) is 36.7 Å². The number of hydrogen-bond donors (Lipinski definition) is 1. The summed E-state index contributed by atoms with van der Waals surface area (Å²) in [6.07, 6.45) is -0.0780. The van der Waals surface area contributed by atoms with Gasteiger partial charge in [0.15, 0.2) is 17.6 Å². The molecule has 0 fully saturated rings. The van der Waals surface area contributed by atoms with E-state index >= 15 is 0 Å². The van der Waals surface area contributed by atoms with Crippen LogP contribution in [-0.2, 0) is 16.0 Å². The van der Waals surface area contributed by atoms with Gasteiger partial charge in [-0.2, -0.15) is 0 Å². The molecule has 0 radical (unpaired) electrons. The van der Waals surface area contributed by atoms with Crippen molar-refractivity contribution >= 4 is 29.2 Å². The van der Waals surface area contributed by atoms with Crippen LogP contribution in [0.15, 0.2) is 36.4 Å². The van der Waals surface area contributed by atoms with Crippen molar-refractivity contribution in [3.05, 3.63) is 52.5 Å². The predicted molar refractivity (Wildman–Crippen MR) is 109 cm³/mol. The number of rotatable bonds is 8. The number of ether oxygens (including phenoxy) is 3. The van der Waals surface area contributed by atoms with E-state index in [4.69, 9.17) is 25.8 Å². The number of nitrogens with one attached hydrogen (secondary N) is 1. The summed E-state index contributed by atoms with van der Waals surface area (Å²) in [4.78, 5) is 24.7. The van der Waals surface area contributed by atoms with Crippen LogP contribution in [0.4, 0.5) is 5.69 Å². The van der Waals surface area contributed by atoms with Crippen LogP contribution in [0.25, 0.3) is 0 Å². The van der Waals surface area contributed by atoms with Gasteiger partial charge in [0.2, 0.25) is 0 Å². The summed E-state index contributed by atoms with van der Waals surface area (Å²) in [6, 6.07) is 10.4. The minimum absolute atomic E-state index is 0.164. The van der Waals surface area contributed by atoms with Crippen LogP contribution >= 0.6 is 11.6 Å². The van der Waals surface area contributed by atoms with E-state index in [2.05, 4.69) is 12.2 Å². The first kappa shape index (κ1) is 21.6. The Bertz CT molecular complexity index is 835. The lowest BCUT2D eigenvalue weighted by molar-refractivity contribution is -0.123. The normalized spacial score (nSPS) is 11.5. The van der Waals surface area contributed by atoms with Crippen molar-refractivity contribution in [3.8, 4) is 11.5 Å². The molecule has 0 aromatic heterocycles. The van der Waals surface area contributed by atoms with Gasteiger partial charge in [0.25, 0.3) is 5.91 Å².